The minimum absolute atomic E-state index is 0.0908. The minimum atomic E-state index is -3.60. The third-order valence-corrected chi connectivity index (χ3v) is 5.48. The van der Waals surface area contributed by atoms with Crippen LogP contribution >= 0.6 is 11.3 Å². The molecule has 18 heavy (non-hydrogen) atoms. The first-order chi connectivity index (χ1) is 8.53. The van der Waals surface area contributed by atoms with Gasteiger partial charge in [-0.05, 0) is 12.8 Å². The van der Waals surface area contributed by atoms with Crippen molar-refractivity contribution in [3.05, 3.63) is 0 Å². The average molecular weight is 292 g/mol. The zero-order valence-electron chi connectivity index (χ0n) is 10.00. The van der Waals surface area contributed by atoms with Crippen molar-refractivity contribution < 1.29 is 13.2 Å². The van der Waals surface area contributed by atoms with Crippen molar-refractivity contribution in [2.45, 2.75) is 30.2 Å². The molecule has 7 nitrogen and oxygen atoms in total. The Bertz CT molecular complexity index is 502. The normalized spacial score (nSPS) is 24.5. The molecule has 9 heteroatoms. The van der Waals surface area contributed by atoms with Crippen molar-refractivity contribution in [3.8, 4) is 0 Å². The lowest BCUT2D eigenvalue weighted by Gasteiger charge is -2.16. The van der Waals surface area contributed by atoms with Gasteiger partial charge in [0.25, 0.3) is 10.0 Å². The first kappa shape index (κ1) is 13.7. The molecule has 2 atom stereocenters. The molecule has 1 aromatic rings. The first-order valence-electron chi connectivity index (χ1n) is 5.73. The number of ether oxygens (including phenoxy) is 1. The number of sulfonamides is 1. The summed E-state index contributed by atoms with van der Waals surface area (Å²) >= 11 is 0.858. The van der Waals surface area contributed by atoms with Crippen molar-refractivity contribution in [2.75, 3.05) is 18.9 Å². The summed E-state index contributed by atoms with van der Waals surface area (Å²) < 4.78 is 31.8. The maximum Gasteiger partial charge on any atom is 0.269 e. The molecule has 2 rings (SSSR count). The van der Waals surface area contributed by atoms with Crippen LogP contribution in [0.5, 0.6) is 0 Å². The number of nitrogens with zero attached hydrogens (tertiary/aromatic N) is 2. The van der Waals surface area contributed by atoms with E-state index in [0.29, 0.717) is 13.2 Å². The Labute approximate surface area is 110 Å². The zero-order chi connectivity index (χ0) is 13.2. The third-order valence-electron chi connectivity index (χ3n) is 2.94. The number of anilines is 1. The smallest absolute Gasteiger partial charge is 0.269 e. The Morgan fingerprint density at radius 1 is 1.56 bits per heavy atom. The summed E-state index contributed by atoms with van der Waals surface area (Å²) in [7, 11) is -3.60. The standard InChI is InChI=1S/C9H16N4O3S2/c1-2-7-6(3-4-16-7)5-11-18(14,15)9-13-12-8(10)17-9/h6-7,11H,2-5H2,1H3,(H2,10,12). The molecular weight excluding hydrogens is 276 g/mol. The summed E-state index contributed by atoms with van der Waals surface area (Å²) in [6.07, 6.45) is 1.89. The molecule has 1 aromatic heterocycles. The largest absolute Gasteiger partial charge is 0.378 e. The van der Waals surface area contributed by atoms with E-state index in [1.165, 1.54) is 0 Å². The van der Waals surface area contributed by atoms with Gasteiger partial charge in [0, 0.05) is 19.1 Å². The molecule has 102 valence electrons. The second-order valence-electron chi connectivity index (χ2n) is 4.12. The highest BCUT2D eigenvalue weighted by Gasteiger charge is 2.29. The topological polar surface area (TPSA) is 107 Å². The van der Waals surface area contributed by atoms with Gasteiger partial charge in [0.1, 0.15) is 0 Å². The minimum Gasteiger partial charge on any atom is -0.378 e. The number of nitrogens with one attached hydrogen (secondary N) is 1. The quantitative estimate of drug-likeness (QED) is 0.803. The van der Waals surface area contributed by atoms with Crippen molar-refractivity contribution in [3.63, 3.8) is 0 Å². The van der Waals surface area contributed by atoms with Gasteiger partial charge in [-0.2, -0.15) is 0 Å². The number of rotatable bonds is 5. The van der Waals surface area contributed by atoms with E-state index < -0.39 is 10.0 Å². The lowest BCUT2D eigenvalue weighted by atomic mass is 10.0. The molecule has 0 amide bonds. The van der Waals surface area contributed by atoms with Crippen LogP contribution in [0.2, 0.25) is 0 Å². The van der Waals surface area contributed by atoms with E-state index in [4.69, 9.17) is 10.5 Å². The molecule has 0 radical (unpaired) electrons. The zero-order valence-corrected chi connectivity index (χ0v) is 11.6. The van der Waals surface area contributed by atoms with Crippen molar-refractivity contribution >= 4 is 26.5 Å². The van der Waals surface area contributed by atoms with E-state index in [1.54, 1.807) is 0 Å². The van der Waals surface area contributed by atoms with Gasteiger partial charge < -0.3 is 10.5 Å². The summed E-state index contributed by atoms with van der Waals surface area (Å²) in [6, 6.07) is 0. The summed E-state index contributed by atoms with van der Waals surface area (Å²) in [5.41, 5.74) is 5.37. The Balaban J connectivity index is 1.97. The SMILES string of the molecule is CCC1OCCC1CNS(=O)(=O)c1nnc(N)s1. The molecular formula is C9H16N4O3S2. The predicted molar refractivity (Wildman–Crippen MR) is 67.6 cm³/mol. The molecule has 1 fully saturated rings. The Morgan fingerprint density at radius 2 is 2.33 bits per heavy atom. The van der Waals surface area contributed by atoms with Crippen molar-refractivity contribution in [1.82, 2.24) is 14.9 Å². The van der Waals surface area contributed by atoms with E-state index in [1.807, 2.05) is 6.92 Å². The van der Waals surface area contributed by atoms with Crippen LogP contribution in [0.4, 0.5) is 5.13 Å². The first-order valence-corrected chi connectivity index (χ1v) is 8.03. The van der Waals surface area contributed by atoms with Crippen LogP contribution in [0, 0.1) is 5.92 Å². The Kier molecular flexibility index (Phi) is 4.15. The van der Waals surface area contributed by atoms with Gasteiger partial charge in [0.2, 0.25) is 9.47 Å². The van der Waals surface area contributed by atoms with Gasteiger partial charge >= 0.3 is 0 Å². The van der Waals surface area contributed by atoms with Crippen LogP contribution in [0.25, 0.3) is 0 Å². The maximum atomic E-state index is 11.9. The lowest BCUT2D eigenvalue weighted by molar-refractivity contribution is 0.0884. The molecule has 0 bridgehead atoms. The van der Waals surface area contributed by atoms with Crippen LogP contribution in [0.3, 0.4) is 0 Å². The van der Waals surface area contributed by atoms with E-state index in [2.05, 4.69) is 14.9 Å². The fraction of sp³-hybridized carbons (Fsp3) is 0.778. The molecule has 0 spiro atoms. The van der Waals surface area contributed by atoms with Gasteiger partial charge in [-0.3, -0.25) is 0 Å². The molecule has 1 aliphatic rings. The van der Waals surface area contributed by atoms with Crippen LogP contribution in [-0.2, 0) is 14.8 Å². The summed E-state index contributed by atoms with van der Waals surface area (Å²) in [4.78, 5) is 0. The van der Waals surface area contributed by atoms with Gasteiger partial charge in [-0.25, -0.2) is 13.1 Å². The number of aromatic nitrogens is 2. The summed E-state index contributed by atoms with van der Waals surface area (Å²) in [6.45, 7) is 3.08. The van der Waals surface area contributed by atoms with Crippen molar-refractivity contribution in [2.24, 2.45) is 5.92 Å². The highest BCUT2D eigenvalue weighted by molar-refractivity contribution is 7.91. The Morgan fingerprint density at radius 3 is 2.94 bits per heavy atom. The monoisotopic (exact) mass is 292 g/mol. The fourth-order valence-corrected chi connectivity index (χ4v) is 3.90. The molecule has 1 aliphatic heterocycles. The Hall–Kier alpha value is -0.770. The predicted octanol–water partition coefficient (Wildman–Crippen LogP) is 0.214. The van der Waals surface area contributed by atoms with E-state index >= 15 is 0 Å². The number of hydrogen-bond acceptors (Lipinski definition) is 7. The molecule has 2 heterocycles. The van der Waals surface area contributed by atoms with Crippen LogP contribution in [-0.4, -0.2) is 37.9 Å². The molecule has 0 aliphatic carbocycles. The average Bonchev–Trinajstić information content (AvgIpc) is 2.94. The van der Waals surface area contributed by atoms with E-state index in [9.17, 15) is 8.42 Å². The maximum absolute atomic E-state index is 11.9. The molecule has 3 N–H and O–H groups in total. The van der Waals surface area contributed by atoms with Crippen LogP contribution < -0.4 is 10.5 Å². The molecule has 1 saturated heterocycles. The van der Waals surface area contributed by atoms with Gasteiger partial charge in [-0.1, -0.05) is 18.3 Å². The molecule has 2 unspecified atom stereocenters. The van der Waals surface area contributed by atoms with Gasteiger partial charge in [0.15, 0.2) is 0 Å². The van der Waals surface area contributed by atoms with Crippen LogP contribution in [0.1, 0.15) is 19.8 Å². The fourth-order valence-electron chi connectivity index (χ4n) is 1.98. The molecule has 0 saturated carbocycles. The number of nitrogen functional groups attached to an aromatic ring is 1. The third kappa shape index (κ3) is 2.97. The second kappa shape index (κ2) is 5.47. The molecule has 0 aromatic carbocycles. The number of nitrogens with two attached hydrogens (primary N) is 1. The van der Waals surface area contributed by atoms with Crippen molar-refractivity contribution in [1.29, 1.82) is 0 Å². The lowest BCUT2D eigenvalue weighted by Crippen LogP contribution is -2.32. The van der Waals surface area contributed by atoms with Crippen LogP contribution in [0.15, 0.2) is 4.34 Å². The summed E-state index contributed by atoms with van der Waals surface area (Å²) in [5.74, 6) is 0.218. The summed E-state index contributed by atoms with van der Waals surface area (Å²) in [5, 5.41) is 7.17. The van der Waals surface area contributed by atoms with Gasteiger partial charge in [0.05, 0.1) is 6.10 Å². The highest BCUT2D eigenvalue weighted by atomic mass is 32.2. The second-order valence-corrected chi connectivity index (χ2v) is 7.07. The highest BCUT2D eigenvalue weighted by Crippen LogP contribution is 2.23. The van der Waals surface area contributed by atoms with E-state index in [-0.39, 0.29) is 21.5 Å². The number of hydrogen-bond donors (Lipinski definition) is 2. The van der Waals surface area contributed by atoms with E-state index in [0.717, 1.165) is 24.2 Å². The van der Waals surface area contributed by atoms with Gasteiger partial charge in [-0.15, -0.1) is 10.2 Å².